The Labute approximate surface area is 91.3 Å². The Hall–Kier alpha value is -0.770. The fraction of sp³-hybridized carbons (Fsp3) is 0.909. The van der Waals surface area contributed by atoms with Crippen molar-refractivity contribution in [1.29, 1.82) is 0 Å². The lowest BCUT2D eigenvalue weighted by Gasteiger charge is -2.23. The van der Waals surface area contributed by atoms with E-state index in [2.05, 4.69) is 31.1 Å². The first-order valence-corrected chi connectivity index (χ1v) is 5.71. The van der Waals surface area contributed by atoms with Crippen LogP contribution in [0.15, 0.2) is 4.99 Å². The van der Waals surface area contributed by atoms with E-state index >= 15 is 0 Å². The van der Waals surface area contributed by atoms with Crippen LogP contribution in [0.3, 0.4) is 0 Å². The Morgan fingerprint density at radius 3 is 2.60 bits per heavy atom. The zero-order valence-corrected chi connectivity index (χ0v) is 9.79. The third-order valence-electron chi connectivity index (χ3n) is 2.88. The summed E-state index contributed by atoms with van der Waals surface area (Å²) in [6.45, 7) is 6.23. The zero-order valence-electron chi connectivity index (χ0n) is 9.79. The number of nitrogens with two attached hydrogens (primary N) is 1. The van der Waals surface area contributed by atoms with Crippen molar-refractivity contribution in [2.24, 2.45) is 10.7 Å². The van der Waals surface area contributed by atoms with Crippen LogP contribution in [0.5, 0.6) is 0 Å². The molecule has 2 rings (SSSR count). The summed E-state index contributed by atoms with van der Waals surface area (Å²) in [6, 6.07) is 0.276. The molecule has 0 aromatic rings. The zero-order chi connectivity index (χ0) is 11.1. The predicted octanol–water partition coefficient (Wildman–Crippen LogP) is 1.01. The minimum absolute atomic E-state index is 0.0218. The van der Waals surface area contributed by atoms with Gasteiger partial charge in [-0.15, -0.1) is 0 Å². The van der Waals surface area contributed by atoms with Crippen LogP contribution in [0, 0.1) is 0 Å². The number of ether oxygens (including phenoxy) is 1. The number of aliphatic imine (C=N–C) groups is 1. The number of nitrogens with one attached hydrogen (secondary N) is 1. The molecule has 3 atom stereocenters. The van der Waals surface area contributed by atoms with Gasteiger partial charge in [-0.3, -0.25) is 0 Å². The second kappa shape index (κ2) is 3.67. The fourth-order valence-electron chi connectivity index (χ4n) is 2.34. The van der Waals surface area contributed by atoms with Crippen LogP contribution in [0.25, 0.3) is 0 Å². The molecule has 3 unspecified atom stereocenters. The molecule has 0 aromatic carbocycles. The summed E-state index contributed by atoms with van der Waals surface area (Å²) < 4.78 is 5.73. The lowest BCUT2D eigenvalue weighted by molar-refractivity contribution is 0.101. The number of hydrogen-bond donors (Lipinski definition) is 2. The highest BCUT2D eigenvalue weighted by atomic mass is 16.5. The van der Waals surface area contributed by atoms with Gasteiger partial charge in [0.25, 0.3) is 0 Å². The average Bonchev–Trinajstić information content (AvgIpc) is 2.60. The predicted molar refractivity (Wildman–Crippen MR) is 60.8 cm³/mol. The van der Waals surface area contributed by atoms with Gasteiger partial charge in [-0.05, 0) is 40.0 Å². The number of nitrogens with zero attached hydrogens (tertiary/aromatic N) is 1. The van der Waals surface area contributed by atoms with E-state index in [-0.39, 0.29) is 11.6 Å². The molecule has 2 saturated heterocycles. The Morgan fingerprint density at radius 1 is 1.40 bits per heavy atom. The van der Waals surface area contributed by atoms with Crippen molar-refractivity contribution >= 4 is 5.96 Å². The maximum Gasteiger partial charge on any atom is 0.189 e. The van der Waals surface area contributed by atoms with E-state index in [1.54, 1.807) is 0 Å². The summed E-state index contributed by atoms with van der Waals surface area (Å²) in [5, 5.41) is 3.18. The van der Waals surface area contributed by atoms with Gasteiger partial charge in [0.2, 0.25) is 0 Å². The standard InChI is InChI=1S/C11H21N3O/c1-11(2,3)14-10(12)13-8-6-7-4-5-9(8)15-7/h7-9H,4-6H2,1-3H3,(H3,12,13,14). The molecule has 86 valence electrons. The molecular formula is C11H21N3O. The fourth-order valence-corrected chi connectivity index (χ4v) is 2.34. The monoisotopic (exact) mass is 211 g/mol. The Kier molecular flexibility index (Phi) is 2.63. The van der Waals surface area contributed by atoms with E-state index in [0.717, 1.165) is 12.8 Å². The summed E-state index contributed by atoms with van der Waals surface area (Å²) in [5.74, 6) is 0.545. The first kappa shape index (κ1) is 10.7. The summed E-state index contributed by atoms with van der Waals surface area (Å²) in [6.07, 6.45) is 4.13. The molecule has 4 nitrogen and oxygen atoms in total. The second-order valence-corrected chi connectivity index (χ2v) is 5.57. The normalized spacial score (nSPS) is 35.9. The molecular weight excluding hydrogens is 190 g/mol. The van der Waals surface area contributed by atoms with Crippen molar-refractivity contribution in [2.75, 3.05) is 0 Å². The molecule has 2 aliphatic heterocycles. The van der Waals surface area contributed by atoms with Gasteiger partial charge in [-0.25, -0.2) is 4.99 Å². The van der Waals surface area contributed by atoms with Gasteiger partial charge in [0.15, 0.2) is 5.96 Å². The molecule has 0 amide bonds. The smallest absolute Gasteiger partial charge is 0.189 e. The number of guanidine groups is 1. The molecule has 4 heteroatoms. The van der Waals surface area contributed by atoms with Crippen molar-refractivity contribution in [1.82, 2.24) is 5.32 Å². The van der Waals surface area contributed by atoms with Crippen LogP contribution in [-0.2, 0) is 4.74 Å². The molecule has 0 saturated carbocycles. The summed E-state index contributed by atoms with van der Waals surface area (Å²) >= 11 is 0. The van der Waals surface area contributed by atoms with Gasteiger partial charge < -0.3 is 15.8 Å². The minimum atomic E-state index is -0.0218. The molecule has 0 radical (unpaired) electrons. The highest BCUT2D eigenvalue weighted by Gasteiger charge is 2.40. The van der Waals surface area contributed by atoms with Gasteiger partial charge in [0.1, 0.15) is 0 Å². The molecule has 2 bridgehead atoms. The minimum Gasteiger partial charge on any atom is -0.373 e. The quantitative estimate of drug-likeness (QED) is 0.502. The van der Waals surface area contributed by atoms with Gasteiger partial charge in [-0.2, -0.15) is 0 Å². The summed E-state index contributed by atoms with van der Waals surface area (Å²) in [5.41, 5.74) is 5.83. The highest BCUT2D eigenvalue weighted by molar-refractivity contribution is 5.78. The van der Waals surface area contributed by atoms with Gasteiger partial charge in [0.05, 0.1) is 18.2 Å². The average molecular weight is 211 g/mol. The molecule has 3 N–H and O–H groups in total. The molecule has 2 heterocycles. The second-order valence-electron chi connectivity index (χ2n) is 5.57. The van der Waals surface area contributed by atoms with Crippen molar-refractivity contribution in [3.8, 4) is 0 Å². The van der Waals surface area contributed by atoms with Crippen LogP contribution in [0.4, 0.5) is 0 Å². The first-order chi connectivity index (χ1) is 6.94. The lowest BCUT2D eigenvalue weighted by atomic mass is 9.96. The Balaban J connectivity index is 1.93. The van der Waals surface area contributed by atoms with Gasteiger partial charge in [-0.1, -0.05) is 0 Å². The van der Waals surface area contributed by atoms with Crippen molar-refractivity contribution in [2.45, 2.75) is 63.8 Å². The molecule has 2 fully saturated rings. The molecule has 0 spiro atoms. The van der Waals surface area contributed by atoms with E-state index in [4.69, 9.17) is 10.5 Å². The van der Waals surface area contributed by atoms with Crippen LogP contribution >= 0.6 is 0 Å². The first-order valence-electron chi connectivity index (χ1n) is 5.71. The topological polar surface area (TPSA) is 59.6 Å². The van der Waals surface area contributed by atoms with Crippen molar-refractivity contribution < 1.29 is 4.74 Å². The van der Waals surface area contributed by atoms with Crippen LogP contribution in [-0.4, -0.2) is 29.7 Å². The van der Waals surface area contributed by atoms with E-state index in [1.807, 2.05) is 0 Å². The van der Waals surface area contributed by atoms with E-state index in [9.17, 15) is 0 Å². The van der Waals surface area contributed by atoms with Gasteiger partial charge in [0, 0.05) is 5.54 Å². The largest absolute Gasteiger partial charge is 0.373 e. The summed E-state index contributed by atoms with van der Waals surface area (Å²) in [4.78, 5) is 4.50. The van der Waals surface area contributed by atoms with Crippen molar-refractivity contribution in [3.63, 3.8) is 0 Å². The van der Waals surface area contributed by atoms with E-state index < -0.39 is 0 Å². The molecule has 0 aromatic heterocycles. The maximum atomic E-state index is 5.85. The van der Waals surface area contributed by atoms with E-state index in [1.165, 1.54) is 6.42 Å². The number of rotatable bonds is 1. The van der Waals surface area contributed by atoms with Crippen molar-refractivity contribution in [3.05, 3.63) is 0 Å². The van der Waals surface area contributed by atoms with Crippen LogP contribution < -0.4 is 11.1 Å². The SMILES string of the molecule is CC(C)(C)NC(N)=NC1CC2CCC1O2. The third-order valence-corrected chi connectivity index (χ3v) is 2.88. The Morgan fingerprint density at radius 2 is 2.13 bits per heavy atom. The Bertz CT molecular complexity index is 269. The van der Waals surface area contributed by atoms with Crippen LogP contribution in [0.2, 0.25) is 0 Å². The lowest BCUT2D eigenvalue weighted by Crippen LogP contribution is -2.46. The number of fused-ring (bicyclic) bond motifs is 2. The van der Waals surface area contributed by atoms with Crippen LogP contribution in [0.1, 0.15) is 40.0 Å². The molecule has 15 heavy (non-hydrogen) atoms. The molecule has 2 aliphatic rings. The molecule has 0 aliphatic carbocycles. The maximum absolute atomic E-state index is 5.85. The highest BCUT2D eigenvalue weighted by Crippen LogP contribution is 2.35. The van der Waals surface area contributed by atoms with Gasteiger partial charge >= 0.3 is 0 Å². The van der Waals surface area contributed by atoms with E-state index in [0.29, 0.717) is 18.2 Å². The number of hydrogen-bond acceptors (Lipinski definition) is 2. The summed E-state index contributed by atoms with van der Waals surface area (Å²) in [7, 11) is 0. The third kappa shape index (κ3) is 2.62.